The number of benzene rings is 3. The molecule has 0 aromatic heterocycles. The lowest BCUT2D eigenvalue weighted by Gasteiger charge is -2.28. The van der Waals surface area contributed by atoms with Crippen molar-refractivity contribution in [2.45, 2.75) is 39.3 Å². The molecule has 196 valence electrons. The Bertz CT molecular complexity index is 1090. The molecule has 3 aromatic carbocycles. The second-order valence-electron chi connectivity index (χ2n) is 9.27. The molecule has 37 heavy (non-hydrogen) atoms. The van der Waals surface area contributed by atoms with Gasteiger partial charge < -0.3 is 19.1 Å². The highest BCUT2D eigenvalue weighted by Crippen LogP contribution is 2.33. The fourth-order valence-corrected chi connectivity index (χ4v) is 4.55. The lowest BCUT2D eigenvalue weighted by atomic mass is 10.1. The van der Waals surface area contributed by atoms with E-state index in [1.807, 2.05) is 60.4 Å². The van der Waals surface area contributed by atoms with Gasteiger partial charge >= 0.3 is 0 Å². The van der Waals surface area contributed by atoms with Crippen LogP contribution in [0, 0.1) is 0 Å². The van der Waals surface area contributed by atoms with Gasteiger partial charge in [-0.05, 0) is 49.9 Å². The summed E-state index contributed by atoms with van der Waals surface area (Å²) in [4.78, 5) is 17.5. The largest absolute Gasteiger partial charge is 0.490 e. The Hall–Kier alpha value is -3.51. The van der Waals surface area contributed by atoms with Crippen LogP contribution in [0.5, 0.6) is 17.2 Å². The van der Waals surface area contributed by atoms with Crippen LogP contribution in [0.25, 0.3) is 0 Å². The summed E-state index contributed by atoms with van der Waals surface area (Å²) in [5.41, 5.74) is 2.34. The normalized spacial score (nSPS) is 15.3. The quantitative estimate of drug-likeness (QED) is 0.424. The SMILES string of the molecule is CCOc1cccc2c1OCCCCCN(C(=O)COc1ccccc1)CCN(Cc1ccccc1)C2. The molecular weight excluding hydrogens is 464 g/mol. The zero-order valence-electron chi connectivity index (χ0n) is 21.8. The minimum atomic E-state index is 0.0219. The highest BCUT2D eigenvalue weighted by molar-refractivity contribution is 5.77. The number of hydrogen-bond donors (Lipinski definition) is 0. The molecule has 0 aliphatic carbocycles. The van der Waals surface area contributed by atoms with Gasteiger partial charge in [-0.1, -0.05) is 60.7 Å². The summed E-state index contributed by atoms with van der Waals surface area (Å²) >= 11 is 0. The number of carbonyl (C=O) groups excluding carboxylic acids is 1. The van der Waals surface area contributed by atoms with E-state index < -0.39 is 0 Å². The zero-order valence-corrected chi connectivity index (χ0v) is 21.8. The molecule has 6 nitrogen and oxygen atoms in total. The number of amides is 1. The van der Waals surface area contributed by atoms with Crippen molar-refractivity contribution in [3.8, 4) is 17.2 Å². The fraction of sp³-hybridized carbons (Fsp3) is 0.387. The van der Waals surface area contributed by atoms with Gasteiger partial charge in [-0.3, -0.25) is 9.69 Å². The molecule has 0 bridgehead atoms. The minimum Gasteiger partial charge on any atom is -0.490 e. The predicted molar refractivity (Wildman–Crippen MR) is 146 cm³/mol. The van der Waals surface area contributed by atoms with Crippen LogP contribution in [0.1, 0.15) is 37.3 Å². The van der Waals surface area contributed by atoms with Crippen molar-refractivity contribution in [3.63, 3.8) is 0 Å². The van der Waals surface area contributed by atoms with Gasteiger partial charge in [0.25, 0.3) is 5.91 Å². The molecule has 1 amide bonds. The summed E-state index contributed by atoms with van der Waals surface area (Å²) in [5, 5.41) is 0. The Morgan fingerprint density at radius 1 is 0.838 bits per heavy atom. The van der Waals surface area contributed by atoms with E-state index in [4.69, 9.17) is 14.2 Å². The summed E-state index contributed by atoms with van der Waals surface area (Å²) in [5.74, 6) is 2.37. The van der Waals surface area contributed by atoms with E-state index in [1.165, 1.54) is 5.56 Å². The second kappa shape index (κ2) is 14.3. The molecule has 1 heterocycles. The smallest absolute Gasteiger partial charge is 0.260 e. The van der Waals surface area contributed by atoms with Crippen LogP contribution in [0.3, 0.4) is 0 Å². The Balaban J connectivity index is 1.52. The van der Waals surface area contributed by atoms with Gasteiger partial charge in [0.2, 0.25) is 0 Å². The summed E-state index contributed by atoms with van der Waals surface area (Å²) in [7, 11) is 0. The molecular formula is C31H38N2O4. The van der Waals surface area contributed by atoms with E-state index in [2.05, 4.69) is 35.2 Å². The number of hydrogen-bond acceptors (Lipinski definition) is 5. The Labute approximate surface area is 220 Å². The standard InChI is InChI=1S/C31H38N2O4/c1-2-35-29-18-12-15-27-24-32(23-26-13-6-3-7-14-26)20-21-33(19-10-5-11-22-36-31(27)29)30(34)25-37-28-16-8-4-9-17-28/h3-4,6-9,12-18H,2,5,10-11,19-25H2,1H3. The van der Waals surface area contributed by atoms with Crippen LogP contribution in [0.2, 0.25) is 0 Å². The van der Waals surface area contributed by atoms with E-state index in [0.29, 0.717) is 38.6 Å². The van der Waals surface area contributed by atoms with Gasteiger partial charge in [0.05, 0.1) is 13.2 Å². The number of carbonyl (C=O) groups is 1. The van der Waals surface area contributed by atoms with E-state index in [9.17, 15) is 4.79 Å². The highest BCUT2D eigenvalue weighted by Gasteiger charge is 2.19. The fourth-order valence-electron chi connectivity index (χ4n) is 4.55. The maximum absolute atomic E-state index is 13.2. The number of ether oxygens (including phenoxy) is 3. The van der Waals surface area contributed by atoms with E-state index >= 15 is 0 Å². The summed E-state index contributed by atoms with van der Waals surface area (Å²) in [6, 6.07) is 26.1. The van der Waals surface area contributed by atoms with Crippen molar-refractivity contribution in [2.24, 2.45) is 0 Å². The maximum Gasteiger partial charge on any atom is 0.260 e. The van der Waals surface area contributed by atoms with Crippen molar-refractivity contribution >= 4 is 5.91 Å². The van der Waals surface area contributed by atoms with E-state index in [-0.39, 0.29) is 12.5 Å². The van der Waals surface area contributed by atoms with Crippen LogP contribution >= 0.6 is 0 Å². The molecule has 0 atom stereocenters. The first-order valence-corrected chi connectivity index (χ1v) is 13.3. The van der Waals surface area contributed by atoms with Gasteiger partial charge in [-0.2, -0.15) is 0 Å². The van der Waals surface area contributed by atoms with Crippen LogP contribution in [-0.2, 0) is 17.9 Å². The zero-order chi connectivity index (χ0) is 25.7. The molecule has 0 spiro atoms. The third-order valence-corrected chi connectivity index (χ3v) is 6.47. The number of nitrogens with zero attached hydrogens (tertiary/aromatic N) is 2. The molecule has 0 unspecified atom stereocenters. The van der Waals surface area contributed by atoms with Crippen LogP contribution < -0.4 is 14.2 Å². The highest BCUT2D eigenvalue weighted by atomic mass is 16.5. The topological polar surface area (TPSA) is 51.2 Å². The molecule has 1 aliphatic rings. The first kappa shape index (κ1) is 26.6. The molecule has 4 rings (SSSR count). The summed E-state index contributed by atoms with van der Waals surface area (Å²) in [6.45, 7) is 6.84. The summed E-state index contributed by atoms with van der Waals surface area (Å²) in [6.07, 6.45) is 2.85. The van der Waals surface area contributed by atoms with Gasteiger partial charge in [-0.25, -0.2) is 0 Å². The molecule has 0 saturated heterocycles. The average molecular weight is 503 g/mol. The van der Waals surface area contributed by atoms with Crippen LogP contribution in [-0.4, -0.2) is 55.2 Å². The van der Waals surface area contributed by atoms with Gasteiger partial charge in [0.15, 0.2) is 18.1 Å². The van der Waals surface area contributed by atoms with Crippen molar-refractivity contribution < 1.29 is 19.0 Å². The first-order chi connectivity index (χ1) is 18.2. The predicted octanol–water partition coefficient (Wildman–Crippen LogP) is 5.56. The second-order valence-corrected chi connectivity index (χ2v) is 9.27. The van der Waals surface area contributed by atoms with Crippen LogP contribution in [0.15, 0.2) is 78.9 Å². The van der Waals surface area contributed by atoms with Crippen molar-refractivity contribution in [1.82, 2.24) is 9.80 Å². The minimum absolute atomic E-state index is 0.0219. The van der Waals surface area contributed by atoms with E-state index in [1.54, 1.807) is 0 Å². The van der Waals surface area contributed by atoms with Gasteiger partial charge in [0.1, 0.15) is 5.75 Å². The lowest BCUT2D eigenvalue weighted by Crippen LogP contribution is -2.41. The third kappa shape index (κ3) is 8.25. The number of rotatable bonds is 7. The van der Waals surface area contributed by atoms with Crippen molar-refractivity contribution in [2.75, 3.05) is 39.5 Å². The maximum atomic E-state index is 13.2. The molecule has 0 radical (unpaired) electrons. The Morgan fingerprint density at radius 3 is 2.41 bits per heavy atom. The molecule has 0 fully saturated rings. The molecule has 3 aromatic rings. The van der Waals surface area contributed by atoms with Crippen molar-refractivity contribution in [3.05, 3.63) is 90.0 Å². The monoisotopic (exact) mass is 502 g/mol. The molecule has 1 aliphatic heterocycles. The lowest BCUT2D eigenvalue weighted by molar-refractivity contribution is -0.133. The number of para-hydroxylation sites is 2. The van der Waals surface area contributed by atoms with Crippen molar-refractivity contribution in [1.29, 1.82) is 0 Å². The molecule has 0 saturated carbocycles. The first-order valence-electron chi connectivity index (χ1n) is 13.3. The van der Waals surface area contributed by atoms with E-state index in [0.717, 1.165) is 49.4 Å². The Kier molecular flexibility index (Phi) is 10.3. The Morgan fingerprint density at radius 2 is 1.62 bits per heavy atom. The number of fused-ring (bicyclic) bond motifs is 1. The molecule has 0 N–H and O–H groups in total. The molecule has 6 heteroatoms. The van der Waals surface area contributed by atoms with Gasteiger partial charge in [0, 0.05) is 38.3 Å². The van der Waals surface area contributed by atoms with Crippen LogP contribution in [0.4, 0.5) is 0 Å². The van der Waals surface area contributed by atoms with Gasteiger partial charge in [-0.15, -0.1) is 0 Å². The summed E-state index contributed by atoms with van der Waals surface area (Å²) < 4.78 is 18.0. The third-order valence-electron chi connectivity index (χ3n) is 6.47. The average Bonchev–Trinajstić information content (AvgIpc) is 2.94.